The first-order valence-corrected chi connectivity index (χ1v) is 6.30. The smallest absolute Gasteiger partial charge is 0.261 e. The fourth-order valence-corrected chi connectivity index (χ4v) is 2.05. The maximum absolute atomic E-state index is 11.0. The Morgan fingerprint density at radius 1 is 1.05 bits per heavy atom. The van der Waals surface area contributed by atoms with Crippen LogP contribution in [0.4, 0.5) is 11.4 Å². The second-order valence-corrected chi connectivity index (χ2v) is 4.65. The minimum absolute atomic E-state index is 0.225. The van der Waals surface area contributed by atoms with E-state index in [1.54, 1.807) is 6.20 Å². The lowest BCUT2D eigenvalue weighted by molar-refractivity contribution is -0.394. The number of aryl methyl sites for hydroxylation is 3. The fraction of sp³-hybridized carbons (Fsp3) is 0.214. The number of nitrogens with zero attached hydrogens (tertiary/aromatic N) is 3. The summed E-state index contributed by atoms with van der Waals surface area (Å²) in [5.41, 5.74) is 1.87. The van der Waals surface area contributed by atoms with Crippen LogP contribution in [0.5, 0.6) is 0 Å². The first-order chi connectivity index (χ1) is 9.97. The fourth-order valence-electron chi connectivity index (χ4n) is 2.05. The summed E-state index contributed by atoms with van der Waals surface area (Å²) in [5, 5.41) is 21.7. The van der Waals surface area contributed by atoms with Crippen LogP contribution in [-0.4, -0.2) is 14.8 Å². The molecule has 0 aliphatic heterocycles. The van der Waals surface area contributed by atoms with Crippen LogP contribution in [0.1, 0.15) is 16.8 Å². The van der Waals surface area contributed by atoms with Gasteiger partial charge < -0.3 is 0 Å². The van der Waals surface area contributed by atoms with E-state index in [0.717, 1.165) is 17.3 Å². The van der Waals surface area contributed by atoms with Crippen molar-refractivity contribution in [3.8, 4) is 0 Å². The third kappa shape index (κ3) is 3.59. The highest BCUT2D eigenvalue weighted by molar-refractivity contribution is 5.49. The Morgan fingerprint density at radius 3 is 2.43 bits per heavy atom. The highest BCUT2D eigenvalue weighted by atomic mass is 16.6. The molecule has 108 valence electrons. The molecule has 0 aliphatic carbocycles. The van der Waals surface area contributed by atoms with Crippen molar-refractivity contribution in [2.45, 2.75) is 19.8 Å². The summed E-state index contributed by atoms with van der Waals surface area (Å²) >= 11 is 0. The van der Waals surface area contributed by atoms with E-state index in [9.17, 15) is 20.2 Å². The summed E-state index contributed by atoms with van der Waals surface area (Å²) in [5.74, 6) is 0. The van der Waals surface area contributed by atoms with Crippen molar-refractivity contribution in [1.29, 1.82) is 0 Å². The Kier molecular flexibility index (Phi) is 4.22. The van der Waals surface area contributed by atoms with Gasteiger partial charge in [0, 0.05) is 23.5 Å². The number of hydrogen-bond acceptors (Lipinski definition) is 5. The van der Waals surface area contributed by atoms with Gasteiger partial charge in [-0.15, -0.1) is 0 Å². The van der Waals surface area contributed by atoms with Crippen molar-refractivity contribution in [2.75, 3.05) is 0 Å². The Morgan fingerprint density at radius 2 is 1.81 bits per heavy atom. The summed E-state index contributed by atoms with van der Waals surface area (Å²) in [6.45, 7) is 1.94. The molecule has 1 heterocycles. The Hall–Kier alpha value is -2.83. The third-order valence-corrected chi connectivity index (χ3v) is 3.10. The molecule has 0 saturated heterocycles. The topological polar surface area (TPSA) is 99.2 Å². The predicted octanol–water partition coefficient (Wildman–Crippen LogP) is 2.99. The normalized spacial score (nSPS) is 10.3. The molecule has 0 unspecified atom stereocenters. The molecule has 7 heteroatoms. The van der Waals surface area contributed by atoms with Crippen LogP contribution in [-0.2, 0) is 12.8 Å². The van der Waals surface area contributed by atoms with Crippen molar-refractivity contribution < 1.29 is 9.85 Å². The predicted molar refractivity (Wildman–Crippen MR) is 76.1 cm³/mol. The van der Waals surface area contributed by atoms with Crippen LogP contribution in [0.25, 0.3) is 0 Å². The quantitative estimate of drug-likeness (QED) is 0.621. The lowest BCUT2D eigenvalue weighted by Gasteiger charge is -2.04. The van der Waals surface area contributed by atoms with E-state index >= 15 is 0 Å². The molecule has 0 N–H and O–H groups in total. The van der Waals surface area contributed by atoms with Gasteiger partial charge in [-0.25, -0.2) is 0 Å². The zero-order chi connectivity index (χ0) is 15.4. The van der Waals surface area contributed by atoms with Gasteiger partial charge in [0.25, 0.3) is 11.4 Å². The molecule has 0 amide bonds. The third-order valence-electron chi connectivity index (χ3n) is 3.10. The minimum atomic E-state index is -0.640. The maximum Gasteiger partial charge on any atom is 0.279 e. The van der Waals surface area contributed by atoms with Gasteiger partial charge >= 0.3 is 0 Å². The number of rotatable bonds is 5. The minimum Gasteiger partial charge on any atom is -0.261 e. The van der Waals surface area contributed by atoms with Crippen molar-refractivity contribution in [3.05, 3.63) is 73.6 Å². The Bertz CT molecular complexity index is 700. The van der Waals surface area contributed by atoms with Gasteiger partial charge in [-0.3, -0.25) is 25.2 Å². The lowest BCUT2D eigenvalue weighted by atomic mass is 10.0. The summed E-state index contributed by atoms with van der Waals surface area (Å²) in [6, 6.07) is 7.51. The van der Waals surface area contributed by atoms with Gasteiger partial charge in [-0.1, -0.05) is 0 Å². The van der Waals surface area contributed by atoms with Crippen LogP contribution >= 0.6 is 0 Å². The van der Waals surface area contributed by atoms with Gasteiger partial charge in [0.15, 0.2) is 0 Å². The van der Waals surface area contributed by atoms with Crippen molar-refractivity contribution in [1.82, 2.24) is 4.98 Å². The molecule has 0 radical (unpaired) electrons. The number of nitro groups is 2. The van der Waals surface area contributed by atoms with Crippen molar-refractivity contribution >= 4 is 11.4 Å². The zero-order valence-electron chi connectivity index (χ0n) is 11.4. The molecule has 21 heavy (non-hydrogen) atoms. The first kappa shape index (κ1) is 14.6. The Balaban J connectivity index is 2.23. The van der Waals surface area contributed by atoms with Crippen LogP contribution in [0.3, 0.4) is 0 Å². The molecular weight excluding hydrogens is 274 g/mol. The molecular formula is C14H13N3O4. The van der Waals surface area contributed by atoms with E-state index in [1.165, 1.54) is 12.1 Å². The lowest BCUT2D eigenvalue weighted by Crippen LogP contribution is -2.00. The van der Waals surface area contributed by atoms with Crippen LogP contribution in [0.2, 0.25) is 0 Å². The molecule has 0 fully saturated rings. The monoisotopic (exact) mass is 287 g/mol. The molecule has 2 aromatic rings. The van der Waals surface area contributed by atoms with Gasteiger partial charge in [-0.2, -0.15) is 0 Å². The van der Waals surface area contributed by atoms with E-state index in [-0.39, 0.29) is 11.4 Å². The van der Waals surface area contributed by atoms with E-state index in [2.05, 4.69) is 4.98 Å². The van der Waals surface area contributed by atoms with Gasteiger partial charge in [-0.05, 0) is 43.5 Å². The second kappa shape index (κ2) is 6.08. The van der Waals surface area contributed by atoms with E-state index in [0.29, 0.717) is 18.4 Å². The standard InChI is InChI=1S/C14H13N3O4/c1-10-6-7-15-12(8-10)4-2-11-3-5-13(16(18)19)9-14(11)17(20)21/h3,5-9H,2,4H2,1H3. The number of aromatic nitrogens is 1. The molecule has 0 aliphatic rings. The zero-order valence-corrected chi connectivity index (χ0v) is 11.4. The van der Waals surface area contributed by atoms with Gasteiger partial charge in [0.1, 0.15) is 0 Å². The Labute approximate surface area is 120 Å². The first-order valence-electron chi connectivity index (χ1n) is 6.30. The molecule has 0 spiro atoms. The van der Waals surface area contributed by atoms with Crippen LogP contribution < -0.4 is 0 Å². The maximum atomic E-state index is 11.0. The van der Waals surface area contributed by atoms with Gasteiger partial charge in [0.05, 0.1) is 15.9 Å². The number of benzene rings is 1. The summed E-state index contributed by atoms with van der Waals surface area (Å²) < 4.78 is 0. The van der Waals surface area contributed by atoms with E-state index < -0.39 is 9.85 Å². The van der Waals surface area contributed by atoms with E-state index in [4.69, 9.17) is 0 Å². The highest BCUT2D eigenvalue weighted by Crippen LogP contribution is 2.25. The largest absolute Gasteiger partial charge is 0.279 e. The van der Waals surface area contributed by atoms with Gasteiger partial charge in [0.2, 0.25) is 0 Å². The summed E-state index contributed by atoms with van der Waals surface area (Å²) in [6.07, 6.45) is 2.64. The highest BCUT2D eigenvalue weighted by Gasteiger charge is 2.19. The molecule has 1 aromatic heterocycles. The van der Waals surface area contributed by atoms with Crippen molar-refractivity contribution in [2.24, 2.45) is 0 Å². The number of nitro benzene ring substituents is 2. The summed E-state index contributed by atoms with van der Waals surface area (Å²) in [4.78, 5) is 24.7. The molecule has 0 atom stereocenters. The summed E-state index contributed by atoms with van der Waals surface area (Å²) in [7, 11) is 0. The molecule has 0 saturated carbocycles. The molecule has 0 bridgehead atoms. The second-order valence-electron chi connectivity index (χ2n) is 4.65. The number of pyridine rings is 1. The molecule has 1 aromatic carbocycles. The SMILES string of the molecule is Cc1ccnc(CCc2ccc([N+](=O)[O-])cc2[N+](=O)[O-])c1. The average Bonchev–Trinajstić information content (AvgIpc) is 2.44. The molecule has 2 rings (SSSR count). The number of hydrogen-bond donors (Lipinski definition) is 0. The van der Waals surface area contributed by atoms with Crippen LogP contribution in [0.15, 0.2) is 36.5 Å². The average molecular weight is 287 g/mol. The van der Waals surface area contributed by atoms with Crippen molar-refractivity contribution in [3.63, 3.8) is 0 Å². The number of non-ortho nitro benzene ring substituents is 1. The van der Waals surface area contributed by atoms with E-state index in [1.807, 2.05) is 19.1 Å². The molecule has 7 nitrogen and oxygen atoms in total. The van der Waals surface area contributed by atoms with Crippen LogP contribution in [0, 0.1) is 27.2 Å².